The Bertz CT molecular complexity index is 364. The van der Waals surface area contributed by atoms with Crippen LogP contribution in [-0.2, 0) is 0 Å². The van der Waals surface area contributed by atoms with Crippen molar-refractivity contribution in [2.45, 2.75) is 39.2 Å². The molecule has 1 rings (SSSR count). The van der Waals surface area contributed by atoms with E-state index in [1.165, 1.54) is 11.3 Å². The summed E-state index contributed by atoms with van der Waals surface area (Å²) < 4.78 is 0. The summed E-state index contributed by atoms with van der Waals surface area (Å²) in [4.78, 5) is 12.8. The van der Waals surface area contributed by atoms with Gasteiger partial charge < -0.3 is 5.32 Å². The average Bonchev–Trinajstić information content (AvgIpc) is 2.65. The first kappa shape index (κ1) is 13.5. The summed E-state index contributed by atoms with van der Waals surface area (Å²) in [6.45, 7) is 6.06. The van der Waals surface area contributed by atoms with Crippen molar-refractivity contribution in [3.05, 3.63) is 21.9 Å². The lowest BCUT2D eigenvalue weighted by Gasteiger charge is -2.28. The number of carbonyl (C=O) groups is 1. The molecule has 4 heteroatoms. The van der Waals surface area contributed by atoms with Crippen molar-refractivity contribution < 1.29 is 4.79 Å². The van der Waals surface area contributed by atoms with Crippen LogP contribution in [0.1, 0.15) is 41.9 Å². The first-order chi connectivity index (χ1) is 7.52. The highest BCUT2D eigenvalue weighted by atomic mass is 35.5. The lowest BCUT2D eigenvalue weighted by atomic mass is 9.95. The fraction of sp³-hybridized carbons (Fsp3) is 0.583. The molecule has 1 N–H and O–H groups in total. The summed E-state index contributed by atoms with van der Waals surface area (Å²) in [5.41, 5.74) is 0.835. The Balaban J connectivity index is 2.73. The van der Waals surface area contributed by atoms with E-state index in [9.17, 15) is 4.79 Å². The molecule has 1 amide bonds. The largest absolute Gasteiger partial charge is 0.346 e. The third kappa shape index (κ3) is 3.22. The van der Waals surface area contributed by atoms with Crippen molar-refractivity contribution in [3.8, 4) is 0 Å². The van der Waals surface area contributed by atoms with Crippen LogP contribution in [0.5, 0.6) is 0 Å². The maximum Gasteiger partial charge on any atom is 0.262 e. The van der Waals surface area contributed by atoms with E-state index >= 15 is 0 Å². The van der Waals surface area contributed by atoms with Crippen molar-refractivity contribution in [2.75, 3.05) is 5.88 Å². The van der Waals surface area contributed by atoms with E-state index in [0.29, 0.717) is 5.88 Å². The van der Waals surface area contributed by atoms with Crippen LogP contribution < -0.4 is 5.32 Å². The molecule has 0 aromatic carbocycles. The van der Waals surface area contributed by atoms with Gasteiger partial charge in [0.15, 0.2) is 0 Å². The average molecular weight is 260 g/mol. The van der Waals surface area contributed by atoms with E-state index in [4.69, 9.17) is 11.6 Å². The lowest BCUT2D eigenvalue weighted by molar-refractivity contribution is 0.0905. The van der Waals surface area contributed by atoms with Crippen LogP contribution in [0.25, 0.3) is 0 Å². The van der Waals surface area contributed by atoms with Crippen LogP contribution >= 0.6 is 22.9 Å². The molecule has 0 saturated carbocycles. The normalized spacial score (nSPS) is 14.5. The van der Waals surface area contributed by atoms with Crippen molar-refractivity contribution in [2.24, 2.45) is 0 Å². The maximum absolute atomic E-state index is 12.0. The highest BCUT2D eigenvalue weighted by molar-refractivity contribution is 7.12. The predicted molar refractivity (Wildman–Crippen MR) is 70.6 cm³/mol. The highest BCUT2D eigenvalue weighted by Gasteiger charge is 2.25. The van der Waals surface area contributed by atoms with Crippen molar-refractivity contribution >= 4 is 28.8 Å². The second kappa shape index (κ2) is 5.69. The van der Waals surface area contributed by atoms with Gasteiger partial charge in [-0.25, -0.2) is 0 Å². The van der Waals surface area contributed by atoms with E-state index in [1.54, 1.807) is 0 Å². The minimum Gasteiger partial charge on any atom is -0.346 e. The Morgan fingerprint density at radius 1 is 1.62 bits per heavy atom. The minimum atomic E-state index is -0.199. The molecule has 0 saturated heterocycles. The number of hydrogen-bond acceptors (Lipinski definition) is 2. The van der Waals surface area contributed by atoms with Gasteiger partial charge in [0, 0.05) is 11.4 Å². The summed E-state index contributed by atoms with van der Waals surface area (Å²) in [6.07, 6.45) is 1.68. The molecule has 0 aliphatic carbocycles. The zero-order chi connectivity index (χ0) is 12.2. The van der Waals surface area contributed by atoms with Gasteiger partial charge in [-0.3, -0.25) is 4.79 Å². The second-order valence-corrected chi connectivity index (χ2v) is 5.53. The van der Waals surface area contributed by atoms with Crippen molar-refractivity contribution in [3.63, 3.8) is 0 Å². The number of alkyl halides is 1. The van der Waals surface area contributed by atoms with Crippen LogP contribution in [0.15, 0.2) is 11.4 Å². The molecule has 1 atom stereocenters. The quantitative estimate of drug-likeness (QED) is 0.805. The monoisotopic (exact) mass is 259 g/mol. The SMILES string of the molecule is CCC(C)(CCCl)NC(=O)c1sccc1C. The van der Waals surface area contributed by atoms with Gasteiger partial charge in [0.25, 0.3) is 5.91 Å². The van der Waals surface area contributed by atoms with E-state index in [2.05, 4.69) is 12.2 Å². The van der Waals surface area contributed by atoms with Crippen molar-refractivity contribution in [1.82, 2.24) is 5.32 Å². The standard InChI is InChI=1S/C12H18ClNOS/c1-4-12(3,6-7-13)14-11(15)10-9(2)5-8-16-10/h5,8H,4,6-7H2,1-3H3,(H,14,15). The number of carbonyl (C=O) groups excluding carboxylic acids is 1. The van der Waals surface area contributed by atoms with Crippen LogP contribution in [0, 0.1) is 6.92 Å². The molecule has 1 unspecified atom stereocenters. The summed E-state index contributed by atoms with van der Waals surface area (Å²) in [5, 5.41) is 5.01. The summed E-state index contributed by atoms with van der Waals surface area (Å²) >= 11 is 7.24. The third-order valence-electron chi connectivity index (χ3n) is 2.91. The molecule has 1 aromatic heterocycles. The molecule has 0 fully saturated rings. The molecular weight excluding hydrogens is 242 g/mol. The molecule has 2 nitrogen and oxygen atoms in total. The number of thiophene rings is 1. The molecule has 0 aliphatic heterocycles. The molecule has 1 aromatic rings. The first-order valence-corrected chi connectivity index (χ1v) is 6.86. The van der Waals surface area contributed by atoms with E-state index in [-0.39, 0.29) is 11.4 Å². The Labute approximate surface area is 106 Å². The fourth-order valence-corrected chi connectivity index (χ4v) is 2.71. The smallest absolute Gasteiger partial charge is 0.262 e. The number of nitrogens with one attached hydrogen (secondary N) is 1. The second-order valence-electron chi connectivity index (χ2n) is 4.24. The van der Waals surface area contributed by atoms with Gasteiger partial charge in [0.1, 0.15) is 0 Å². The molecule has 1 heterocycles. The fourth-order valence-electron chi connectivity index (χ4n) is 1.47. The number of halogens is 1. The van der Waals surface area contributed by atoms with Crippen LogP contribution in [0.3, 0.4) is 0 Å². The molecule has 0 aliphatic rings. The van der Waals surface area contributed by atoms with Gasteiger partial charge in [-0.15, -0.1) is 22.9 Å². The number of amides is 1. The zero-order valence-corrected chi connectivity index (χ0v) is 11.5. The highest BCUT2D eigenvalue weighted by Crippen LogP contribution is 2.20. The van der Waals surface area contributed by atoms with Gasteiger partial charge in [-0.1, -0.05) is 6.92 Å². The first-order valence-electron chi connectivity index (χ1n) is 5.45. The third-order valence-corrected chi connectivity index (χ3v) is 4.11. The number of rotatable bonds is 5. The topological polar surface area (TPSA) is 29.1 Å². The van der Waals surface area contributed by atoms with Gasteiger partial charge in [0.2, 0.25) is 0 Å². The number of hydrogen-bond donors (Lipinski definition) is 1. The lowest BCUT2D eigenvalue weighted by Crippen LogP contribution is -2.45. The van der Waals surface area contributed by atoms with Gasteiger partial charge in [-0.05, 0) is 43.7 Å². The van der Waals surface area contributed by atoms with Gasteiger partial charge >= 0.3 is 0 Å². The van der Waals surface area contributed by atoms with Gasteiger partial charge in [0.05, 0.1) is 4.88 Å². The van der Waals surface area contributed by atoms with E-state index in [0.717, 1.165) is 23.3 Å². The molecule has 0 radical (unpaired) electrons. The zero-order valence-electron chi connectivity index (χ0n) is 9.97. The Hall–Kier alpha value is -0.540. The predicted octanol–water partition coefficient (Wildman–Crippen LogP) is 3.58. The Morgan fingerprint density at radius 2 is 2.31 bits per heavy atom. The Morgan fingerprint density at radius 3 is 2.75 bits per heavy atom. The molecule has 90 valence electrons. The Kier molecular flexibility index (Phi) is 4.81. The molecule has 0 spiro atoms. The van der Waals surface area contributed by atoms with Crippen LogP contribution in [0.4, 0.5) is 0 Å². The minimum absolute atomic E-state index is 0.0157. The molecule has 16 heavy (non-hydrogen) atoms. The maximum atomic E-state index is 12.0. The summed E-state index contributed by atoms with van der Waals surface area (Å²) in [5.74, 6) is 0.579. The number of aryl methyl sites for hydroxylation is 1. The summed E-state index contributed by atoms with van der Waals surface area (Å²) in [6, 6.07) is 1.96. The van der Waals surface area contributed by atoms with Crippen LogP contribution in [0.2, 0.25) is 0 Å². The van der Waals surface area contributed by atoms with E-state index in [1.807, 2.05) is 25.3 Å². The van der Waals surface area contributed by atoms with Crippen LogP contribution in [-0.4, -0.2) is 17.3 Å². The van der Waals surface area contributed by atoms with Crippen molar-refractivity contribution in [1.29, 1.82) is 0 Å². The van der Waals surface area contributed by atoms with E-state index < -0.39 is 0 Å². The van der Waals surface area contributed by atoms with Gasteiger partial charge in [-0.2, -0.15) is 0 Å². The summed E-state index contributed by atoms with van der Waals surface area (Å²) in [7, 11) is 0. The molecular formula is C12H18ClNOS. The molecule has 0 bridgehead atoms.